The van der Waals surface area contributed by atoms with Gasteiger partial charge in [0.2, 0.25) is 0 Å². The highest BCUT2D eigenvalue weighted by Gasteiger charge is 2.20. The van der Waals surface area contributed by atoms with E-state index < -0.39 is 5.82 Å². The van der Waals surface area contributed by atoms with Crippen molar-refractivity contribution in [2.24, 2.45) is 0 Å². The molecule has 0 spiro atoms. The zero-order chi connectivity index (χ0) is 13.7. The second kappa shape index (κ2) is 6.50. The molecule has 1 saturated heterocycles. The van der Waals surface area contributed by atoms with E-state index in [0.717, 1.165) is 19.4 Å². The molecule has 0 amide bonds. The molecule has 0 bridgehead atoms. The average Bonchev–Trinajstić information content (AvgIpc) is 2.91. The molecule has 1 aromatic rings. The van der Waals surface area contributed by atoms with Crippen molar-refractivity contribution in [3.8, 4) is 6.07 Å². The minimum Gasteiger partial charge on any atom is -0.395 e. The number of aliphatic hydroxyl groups excluding tert-OH is 1. The van der Waals surface area contributed by atoms with Crippen LogP contribution in [-0.2, 0) is 0 Å². The smallest absolute Gasteiger partial charge is 0.143 e. The molecule has 0 saturated carbocycles. The maximum Gasteiger partial charge on any atom is 0.143 e. The van der Waals surface area contributed by atoms with E-state index in [2.05, 4.69) is 5.32 Å². The van der Waals surface area contributed by atoms with Crippen LogP contribution < -0.4 is 10.2 Å². The van der Waals surface area contributed by atoms with Crippen molar-refractivity contribution < 1.29 is 9.50 Å². The Morgan fingerprint density at radius 2 is 2.37 bits per heavy atom. The Kier molecular flexibility index (Phi) is 4.72. The topological polar surface area (TPSA) is 59.3 Å². The summed E-state index contributed by atoms with van der Waals surface area (Å²) in [7, 11) is 0. The van der Waals surface area contributed by atoms with Crippen LogP contribution in [0, 0.1) is 17.1 Å². The van der Waals surface area contributed by atoms with Crippen molar-refractivity contribution in [2.45, 2.75) is 18.9 Å². The summed E-state index contributed by atoms with van der Waals surface area (Å²) in [4.78, 5) is 1.88. The molecule has 2 rings (SSSR count). The minimum atomic E-state index is -0.512. The largest absolute Gasteiger partial charge is 0.395 e. The van der Waals surface area contributed by atoms with Crippen LogP contribution in [-0.4, -0.2) is 37.4 Å². The number of hydrogen-bond acceptors (Lipinski definition) is 4. The van der Waals surface area contributed by atoms with Gasteiger partial charge in [0.05, 0.1) is 12.3 Å². The van der Waals surface area contributed by atoms with Crippen LogP contribution in [0.1, 0.15) is 18.4 Å². The van der Waals surface area contributed by atoms with Crippen LogP contribution in [0.15, 0.2) is 18.2 Å². The molecule has 1 heterocycles. The first kappa shape index (κ1) is 13.8. The van der Waals surface area contributed by atoms with E-state index in [1.165, 1.54) is 6.07 Å². The SMILES string of the molecule is N#Cc1c(F)cccc1N(CCO)CC1CCCN1. The maximum absolute atomic E-state index is 13.6. The molecule has 1 aromatic carbocycles. The van der Waals surface area contributed by atoms with E-state index in [1.807, 2.05) is 11.0 Å². The first-order valence-corrected chi connectivity index (χ1v) is 6.54. The Balaban J connectivity index is 2.22. The molecular weight excluding hydrogens is 245 g/mol. The van der Waals surface area contributed by atoms with E-state index in [1.54, 1.807) is 12.1 Å². The summed E-state index contributed by atoms with van der Waals surface area (Å²) in [6.45, 7) is 2.05. The minimum absolute atomic E-state index is 0.0197. The number of nitrogens with one attached hydrogen (secondary N) is 1. The van der Waals surface area contributed by atoms with Gasteiger partial charge in [-0.15, -0.1) is 0 Å². The molecule has 1 aliphatic rings. The number of nitriles is 1. The van der Waals surface area contributed by atoms with Gasteiger partial charge < -0.3 is 15.3 Å². The van der Waals surface area contributed by atoms with Gasteiger partial charge in [-0.25, -0.2) is 4.39 Å². The lowest BCUT2D eigenvalue weighted by Gasteiger charge is -2.28. The summed E-state index contributed by atoms with van der Waals surface area (Å²) >= 11 is 0. The summed E-state index contributed by atoms with van der Waals surface area (Å²) in [5.74, 6) is -0.512. The maximum atomic E-state index is 13.6. The number of nitrogens with zero attached hydrogens (tertiary/aromatic N) is 2. The second-order valence-corrected chi connectivity index (χ2v) is 4.71. The quantitative estimate of drug-likeness (QED) is 0.839. The van der Waals surface area contributed by atoms with Crippen molar-refractivity contribution in [3.63, 3.8) is 0 Å². The van der Waals surface area contributed by atoms with Crippen molar-refractivity contribution in [2.75, 3.05) is 31.1 Å². The van der Waals surface area contributed by atoms with Crippen LogP contribution in [0.3, 0.4) is 0 Å². The lowest BCUT2D eigenvalue weighted by molar-refractivity contribution is 0.300. The van der Waals surface area contributed by atoms with Crippen molar-refractivity contribution >= 4 is 5.69 Å². The number of rotatable bonds is 5. The number of aliphatic hydroxyl groups is 1. The summed E-state index contributed by atoms with van der Waals surface area (Å²) in [5.41, 5.74) is 0.610. The Morgan fingerprint density at radius 1 is 1.53 bits per heavy atom. The Labute approximate surface area is 112 Å². The lowest BCUT2D eigenvalue weighted by atomic mass is 10.1. The zero-order valence-corrected chi connectivity index (χ0v) is 10.8. The van der Waals surface area contributed by atoms with Gasteiger partial charge in [-0.05, 0) is 31.5 Å². The molecule has 1 aliphatic heterocycles. The van der Waals surface area contributed by atoms with Crippen molar-refractivity contribution in [3.05, 3.63) is 29.6 Å². The van der Waals surface area contributed by atoms with Crippen LogP contribution >= 0.6 is 0 Å². The van der Waals surface area contributed by atoms with Gasteiger partial charge in [0.15, 0.2) is 0 Å². The summed E-state index contributed by atoms with van der Waals surface area (Å²) in [5, 5.41) is 21.6. The van der Waals surface area contributed by atoms with Crippen LogP contribution in [0.5, 0.6) is 0 Å². The molecule has 4 nitrogen and oxygen atoms in total. The number of anilines is 1. The number of halogens is 1. The molecule has 19 heavy (non-hydrogen) atoms. The Bertz CT molecular complexity index is 466. The van der Waals surface area contributed by atoms with Gasteiger partial charge in [0, 0.05) is 19.1 Å². The van der Waals surface area contributed by atoms with Gasteiger partial charge in [0.1, 0.15) is 17.4 Å². The van der Waals surface area contributed by atoms with Gasteiger partial charge in [-0.2, -0.15) is 5.26 Å². The lowest BCUT2D eigenvalue weighted by Crippen LogP contribution is -2.39. The van der Waals surface area contributed by atoms with E-state index in [-0.39, 0.29) is 12.2 Å². The molecular formula is C14H18FN3O. The van der Waals surface area contributed by atoms with E-state index in [9.17, 15) is 4.39 Å². The third-order valence-corrected chi connectivity index (χ3v) is 3.42. The normalized spacial score (nSPS) is 18.3. The third kappa shape index (κ3) is 3.22. The van der Waals surface area contributed by atoms with E-state index in [0.29, 0.717) is 24.8 Å². The Hall–Kier alpha value is -1.64. The standard InChI is InChI=1S/C14H18FN3O/c15-13-4-1-5-14(12(13)9-16)18(7-8-19)10-11-3-2-6-17-11/h1,4-5,11,17,19H,2-3,6-8,10H2. The molecule has 102 valence electrons. The molecule has 0 aromatic heterocycles. The van der Waals surface area contributed by atoms with Crippen LogP contribution in [0.4, 0.5) is 10.1 Å². The van der Waals surface area contributed by atoms with Gasteiger partial charge in [-0.3, -0.25) is 0 Å². The fourth-order valence-corrected chi connectivity index (χ4v) is 2.50. The van der Waals surface area contributed by atoms with Crippen molar-refractivity contribution in [1.29, 1.82) is 5.26 Å². The second-order valence-electron chi connectivity index (χ2n) is 4.71. The summed E-state index contributed by atoms with van der Waals surface area (Å²) < 4.78 is 13.6. The highest BCUT2D eigenvalue weighted by molar-refractivity contribution is 5.60. The predicted molar refractivity (Wildman–Crippen MR) is 71.4 cm³/mol. The van der Waals surface area contributed by atoms with Gasteiger partial charge in [0.25, 0.3) is 0 Å². The summed E-state index contributed by atoms with van der Waals surface area (Å²) in [6.07, 6.45) is 2.20. The van der Waals surface area contributed by atoms with E-state index >= 15 is 0 Å². The molecule has 0 radical (unpaired) electrons. The fraction of sp³-hybridized carbons (Fsp3) is 0.500. The molecule has 1 unspecified atom stereocenters. The first-order valence-electron chi connectivity index (χ1n) is 6.54. The first-order chi connectivity index (χ1) is 9.26. The monoisotopic (exact) mass is 263 g/mol. The summed E-state index contributed by atoms with van der Waals surface area (Å²) in [6, 6.07) is 6.85. The third-order valence-electron chi connectivity index (χ3n) is 3.42. The molecule has 5 heteroatoms. The zero-order valence-electron chi connectivity index (χ0n) is 10.8. The predicted octanol–water partition coefficient (Wildman–Crippen LogP) is 1.25. The number of benzene rings is 1. The molecule has 0 aliphatic carbocycles. The van der Waals surface area contributed by atoms with Gasteiger partial charge >= 0.3 is 0 Å². The molecule has 1 fully saturated rings. The van der Waals surface area contributed by atoms with Crippen LogP contribution in [0.2, 0.25) is 0 Å². The number of hydrogen-bond donors (Lipinski definition) is 2. The van der Waals surface area contributed by atoms with E-state index in [4.69, 9.17) is 10.4 Å². The van der Waals surface area contributed by atoms with Crippen LogP contribution in [0.25, 0.3) is 0 Å². The molecule has 1 atom stereocenters. The highest BCUT2D eigenvalue weighted by Crippen LogP contribution is 2.23. The van der Waals surface area contributed by atoms with Gasteiger partial charge in [-0.1, -0.05) is 6.07 Å². The van der Waals surface area contributed by atoms with Crippen molar-refractivity contribution in [1.82, 2.24) is 5.32 Å². The highest BCUT2D eigenvalue weighted by atomic mass is 19.1. The molecule has 2 N–H and O–H groups in total. The Morgan fingerprint density at radius 3 is 3.00 bits per heavy atom. The fourth-order valence-electron chi connectivity index (χ4n) is 2.50. The average molecular weight is 263 g/mol.